The van der Waals surface area contributed by atoms with E-state index in [1.807, 2.05) is 6.92 Å². The Labute approximate surface area is 128 Å². The van der Waals surface area contributed by atoms with Crippen LogP contribution in [0, 0.1) is 11.8 Å². The fraction of sp³-hybridized carbons (Fsp3) is 0.467. The summed E-state index contributed by atoms with van der Waals surface area (Å²) in [6.07, 6.45) is 0.602. The van der Waals surface area contributed by atoms with Gasteiger partial charge in [0.1, 0.15) is 5.75 Å². The fourth-order valence-corrected chi connectivity index (χ4v) is 2.72. The molecule has 6 heteroatoms. The van der Waals surface area contributed by atoms with Gasteiger partial charge in [-0.3, -0.25) is 9.59 Å². The number of benzene rings is 1. The SMILES string of the molecule is CC1CC(C(=O)O)CN(C(=O)COc2ccccc2Cl)C1. The van der Waals surface area contributed by atoms with Gasteiger partial charge in [-0.1, -0.05) is 30.7 Å². The normalized spacial score (nSPS) is 21.9. The topological polar surface area (TPSA) is 66.8 Å². The molecule has 0 aliphatic carbocycles. The smallest absolute Gasteiger partial charge is 0.308 e. The van der Waals surface area contributed by atoms with E-state index in [9.17, 15) is 9.59 Å². The first-order valence-corrected chi connectivity index (χ1v) is 7.23. The van der Waals surface area contributed by atoms with E-state index in [0.29, 0.717) is 23.7 Å². The number of rotatable bonds is 4. The Kier molecular flexibility index (Phi) is 5.07. The second kappa shape index (κ2) is 6.80. The number of hydrogen-bond donors (Lipinski definition) is 1. The molecule has 1 aliphatic rings. The van der Waals surface area contributed by atoms with Gasteiger partial charge in [0.15, 0.2) is 6.61 Å². The molecule has 114 valence electrons. The number of aliphatic carboxylic acids is 1. The highest BCUT2D eigenvalue weighted by atomic mass is 35.5. The van der Waals surface area contributed by atoms with Crippen LogP contribution in [-0.4, -0.2) is 41.6 Å². The molecule has 1 heterocycles. The summed E-state index contributed by atoms with van der Waals surface area (Å²) in [5.41, 5.74) is 0. The highest BCUT2D eigenvalue weighted by molar-refractivity contribution is 6.32. The van der Waals surface area contributed by atoms with Crippen LogP contribution in [-0.2, 0) is 9.59 Å². The molecule has 2 rings (SSSR count). The summed E-state index contributed by atoms with van der Waals surface area (Å²) in [4.78, 5) is 24.8. The Morgan fingerprint density at radius 2 is 2.10 bits per heavy atom. The largest absolute Gasteiger partial charge is 0.482 e. The first-order valence-electron chi connectivity index (χ1n) is 6.85. The lowest BCUT2D eigenvalue weighted by atomic mass is 9.90. The number of piperidine rings is 1. The quantitative estimate of drug-likeness (QED) is 0.926. The third kappa shape index (κ3) is 4.11. The number of para-hydroxylation sites is 1. The maximum Gasteiger partial charge on any atom is 0.308 e. The maximum atomic E-state index is 12.2. The lowest BCUT2D eigenvalue weighted by Gasteiger charge is -2.34. The molecule has 2 unspecified atom stereocenters. The third-order valence-electron chi connectivity index (χ3n) is 3.55. The van der Waals surface area contributed by atoms with Crippen molar-refractivity contribution in [3.05, 3.63) is 29.3 Å². The van der Waals surface area contributed by atoms with Crippen molar-refractivity contribution in [2.24, 2.45) is 11.8 Å². The zero-order valence-corrected chi connectivity index (χ0v) is 12.5. The molecule has 1 aliphatic heterocycles. The van der Waals surface area contributed by atoms with Crippen LogP contribution in [0.3, 0.4) is 0 Å². The van der Waals surface area contributed by atoms with Crippen LogP contribution in [0.1, 0.15) is 13.3 Å². The van der Waals surface area contributed by atoms with Crippen molar-refractivity contribution in [2.45, 2.75) is 13.3 Å². The van der Waals surface area contributed by atoms with Crippen LogP contribution in [0.5, 0.6) is 5.75 Å². The zero-order chi connectivity index (χ0) is 15.4. The predicted octanol–water partition coefficient (Wildman–Crippen LogP) is 2.29. The van der Waals surface area contributed by atoms with Crippen molar-refractivity contribution < 1.29 is 19.4 Å². The number of halogens is 1. The number of amides is 1. The maximum absolute atomic E-state index is 12.2. The summed E-state index contributed by atoms with van der Waals surface area (Å²) in [7, 11) is 0. The summed E-state index contributed by atoms with van der Waals surface area (Å²) >= 11 is 5.95. The summed E-state index contributed by atoms with van der Waals surface area (Å²) in [5, 5.41) is 9.56. The molecule has 2 atom stereocenters. The second-order valence-electron chi connectivity index (χ2n) is 5.39. The first kappa shape index (κ1) is 15.6. The van der Waals surface area contributed by atoms with E-state index in [-0.39, 0.29) is 25.0 Å². The monoisotopic (exact) mass is 311 g/mol. The molecule has 0 spiro atoms. The molecule has 1 aromatic carbocycles. The van der Waals surface area contributed by atoms with E-state index < -0.39 is 11.9 Å². The zero-order valence-electron chi connectivity index (χ0n) is 11.8. The van der Waals surface area contributed by atoms with Gasteiger partial charge < -0.3 is 14.7 Å². The third-order valence-corrected chi connectivity index (χ3v) is 3.86. The minimum Gasteiger partial charge on any atom is -0.482 e. The van der Waals surface area contributed by atoms with Crippen molar-refractivity contribution in [2.75, 3.05) is 19.7 Å². The number of likely N-dealkylation sites (tertiary alicyclic amines) is 1. The number of hydrogen-bond acceptors (Lipinski definition) is 3. The molecule has 0 aromatic heterocycles. The average molecular weight is 312 g/mol. The molecule has 0 saturated carbocycles. The van der Waals surface area contributed by atoms with Crippen LogP contribution in [0.2, 0.25) is 5.02 Å². The van der Waals surface area contributed by atoms with Gasteiger partial charge in [0, 0.05) is 13.1 Å². The summed E-state index contributed by atoms with van der Waals surface area (Å²) < 4.78 is 5.41. The summed E-state index contributed by atoms with van der Waals surface area (Å²) in [6.45, 7) is 2.62. The molecule has 1 amide bonds. The van der Waals surface area contributed by atoms with Gasteiger partial charge in [0.25, 0.3) is 5.91 Å². The number of carboxylic acids is 1. The number of nitrogens with zero attached hydrogens (tertiary/aromatic N) is 1. The average Bonchev–Trinajstić information content (AvgIpc) is 2.45. The van der Waals surface area contributed by atoms with E-state index in [2.05, 4.69) is 0 Å². The number of ether oxygens (including phenoxy) is 1. The standard InChI is InChI=1S/C15H18ClNO4/c1-10-6-11(15(19)20)8-17(7-10)14(18)9-21-13-5-3-2-4-12(13)16/h2-5,10-11H,6-9H2,1H3,(H,19,20). The van der Waals surface area contributed by atoms with E-state index in [0.717, 1.165) is 0 Å². The van der Waals surface area contributed by atoms with Crippen LogP contribution < -0.4 is 4.74 Å². The van der Waals surface area contributed by atoms with Crippen LogP contribution in [0.4, 0.5) is 0 Å². The summed E-state index contributed by atoms with van der Waals surface area (Å²) in [6, 6.07) is 6.93. The highest BCUT2D eigenvalue weighted by Gasteiger charge is 2.31. The summed E-state index contributed by atoms with van der Waals surface area (Å²) in [5.74, 6) is -0.950. The van der Waals surface area contributed by atoms with Gasteiger partial charge in [-0.25, -0.2) is 0 Å². The Hall–Kier alpha value is -1.75. The second-order valence-corrected chi connectivity index (χ2v) is 5.80. The van der Waals surface area contributed by atoms with E-state index in [4.69, 9.17) is 21.4 Å². The Balaban J connectivity index is 1.93. The molecule has 1 N–H and O–H groups in total. The van der Waals surface area contributed by atoms with Gasteiger partial charge in [0.2, 0.25) is 0 Å². The molecule has 5 nitrogen and oxygen atoms in total. The van der Waals surface area contributed by atoms with Gasteiger partial charge in [-0.15, -0.1) is 0 Å². The minimum absolute atomic E-state index is 0.136. The molecular weight excluding hydrogens is 294 g/mol. The van der Waals surface area contributed by atoms with Gasteiger partial charge in [0.05, 0.1) is 10.9 Å². The molecule has 1 aromatic rings. The van der Waals surface area contributed by atoms with E-state index in [1.165, 1.54) is 0 Å². The number of carbonyl (C=O) groups is 2. The van der Waals surface area contributed by atoms with Crippen LogP contribution in [0.15, 0.2) is 24.3 Å². The Bertz CT molecular complexity index is 534. The van der Waals surface area contributed by atoms with E-state index >= 15 is 0 Å². The minimum atomic E-state index is -0.855. The molecular formula is C15H18ClNO4. The van der Waals surface area contributed by atoms with Gasteiger partial charge in [-0.2, -0.15) is 0 Å². The van der Waals surface area contributed by atoms with Gasteiger partial charge in [-0.05, 0) is 24.5 Å². The highest BCUT2D eigenvalue weighted by Crippen LogP contribution is 2.24. The number of carbonyl (C=O) groups excluding carboxylic acids is 1. The van der Waals surface area contributed by atoms with Crippen LogP contribution >= 0.6 is 11.6 Å². The van der Waals surface area contributed by atoms with Crippen molar-refractivity contribution in [1.29, 1.82) is 0 Å². The molecule has 0 radical (unpaired) electrons. The number of carboxylic acid groups (broad SMARTS) is 1. The molecule has 21 heavy (non-hydrogen) atoms. The van der Waals surface area contributed by atoms with E-state index in [1.54, 1.807) is 29.2 Å². The Morgan fingerprint density at radius 1 is 1.38 bits per heavy atom. The molecule has 1 saturated heterocycles. The lowest BCUT2D eigenvalue weighted by Crippen LogP contribution is -2.47. The van der Waals surface area contributed by atoms with Crippen molar-refractivity contribution in [3.8, 4) is 5.75 Å². The van der Waals surface area contributed by atoms with Gasteiger partial charge >= 0.3 is 5.97 Å². The lowest BCUT2D eigenvalue weighted by molar-refractivity contribution is -0.147. The Morgan fingerprint density at radius 3 is 2.76 bits per heavy atom. The fourth-order valence-electron chi connectivity index (χ4n) is 2.53. The van der Waals surface area contributed by atoms with Crippen molar-refractivity contribution >= 4 is 23.5 Å². The first-order chi connectivity index (χ1) is 9.97. The molecule has 1 fully saturated rings. The van der Waals surface area contributed by atoms with Crippen LogP contribution in [0.25, 0.3) is 0 Å². The predicted molar refractivity (Wildman–Crippen MR) is 78.4 cm³/mol. The van der Waals surface area contributed by atoms with Crippen molar-refractivity contribution in [1.82, 2.24) is 4.90 Å². The van der Waals surface area contributed by atoms with Crippen molar-refractivity contribution in [3.63, 3.8) is 0 Å². The molecule has 0 bridgehead atoms.